The number of nitrogens with one attached hydrogen (secondary N) is 1. The highest BCUT2D eigenvalue weighted by Crippen LogP contribution is 2.25. The van der Waals surface area contributed by atoms with Gasteiger partial charge in [0, 0.05) is 23.6 Å². The molecule has 2 rings (SSSR count). The van der Waals surface area contributed by atoms with Crippen LogP contribution in [0.15, 0.2) is 42.5 Å². The topological polar surface area (TPSA) is 75.6 Å². The van der Waals surface area contributed by atoms with Gasteiger partial charge in [-0.1, -0.05) is 0 Å². The molecule has 0 heterocycles. The van der Waals surface area contributed by atoms with Gasteiger partial charge < -0.3 is 15.2 Å². The number of rotatable bonds is 7. The van der Waals surface area contributed by atoms with E-state index in [9.17, 15) is 18.4 Å². The van der Waals surface area contributed by atoms with Gasteiger partial charge in [-0.15, -0.1) is 0 Å². The van der Waals surface area contributed by atoms with Gasteiger partial charge in [0.05, 0.1) is 0 Å². The fourth-order valence-electron chi connectivity index (χ4n) is 2.22. The van der Waals surface area contributed by atoms with Gasteiger partial charge in [-0.05, 0) is 56.7 Å². The average molecular weight is 363 g/mol. The smallest absolute Gasteiger partial charge is 0.303 e. The zero-order valence-corrected chi connectivity index (χ0v) is 14.4. The first-order valence-electron chi connectivity index (χ1n) is 7.93. The molecular weight excluding hydrogens is 344 g/mol. The summed E-state index contributed by atoms with van der Waals surface area (Å²) < 4.78 is 31.8. The van der Waals surface area contributed by atoms with E-state index in [2.05, 4.69) is 5.32 Å². The molecule has 5 nitrogen and oxygen atoms in total. The fourth-order valence-corrected chi connectivity index (χ4v) is 2.22. The molecule has 138 valence electrons. The van der Waals surface area contributed by atoms with Crippen LogP contribution in [0.1, 0.15) is 37.0 Å². The van der Waals surface area contributed by atoms with Gasteiger partial charge in [-0.2, -0.15) is 0 Å². The molecule has 26 heavy (non-hydrogen) atoms. The lowest BCUT2D eigenvalue weighted by Gasteiger charge is -2.25. The highest BCUT2D eigenvalue weighted by atomic mass is 19.1. The normalized spacial score (nSPS) is 11.1. The summed E-state index contributed by atoms with van der Waals surface area (Å²) in [6.45, 7) is 3.48. The average Bonchev–Trinajstić information content (AvgIpc) is 2.56. The molecule has 0 aliphatic rings. The predicted octanol–water partition coefficient (Wildman–Crippen LogP) is 4.13. The Bertz CT molecular complexity index is 804. The van der Waals surface area contributed by atoms with Crippen molar-refractivity contribution >= 4 is 11.9 Å². The first-order valence-corrected chi connectivity index (χ1v) is 7.93. The maximum Gasteiger partial charge on any atom is 0.303 e. The van der Waals surface area contributed by atoms with E-state index >= 15 is 0 Å². The molecule has 0 radical (unpaired) electrons. The van der Waals surface area contributed by atoms with E-state index in [-0.39, 0.29) is 23.8 Å². The second kappa shape index (κ2) is 7.95. The highest BCUT2D eigenvalue weighted by molar-refractivity contribution is 5.94. The van der Waals surface area contributed by atoms with Crippen molar-refractivity contribution in [1.29, 1.82) is 0 Å². The lowest BCUT2D eigenvalue weighted by atomic mass is 9.98. The second-order valence-corrected chi connectivity index (χ2v) is 6.43. The monoisotopic (exact) mass is 363 g/mol. The lowest BCUT2D eigenvalue weighted by molar-refractivity contribution is -0.137. The minimum absolute atomic E-state index is 0.0523. The number of halogens is 2. The standard InChI is InChI=1S/C19H19F2NO4/c1-19(2,10-9-17(23)24)22-18(25)12-3-6-14(7-4-12)26-16-8-5-13(20)11-15(16)21/h3-8,11H,9-10H2,1-2H3,(H,22,25)(H,23,24). The number of carboxylic acid groups (broad SMARTS) is 1. The van der Waals surface area contributed by atoms with Gasteiger partial charge in [0.25, 0.3) is 5.91 Å². The van der Waals surface area contributed by atoms with Gasteiger partial charge in [0.2, 0.25) is 0 Å². The van der Waals surface area contributed by atoms with Gasteiger partial charge >= 0.3 is 5.97 Å². The molecule has 0 saturated carbocycles. The summed E-state index contributed by atoms with van der Waals surface area (Å²) in [4.78, 5) is 22.9. The van der Waals surface area contributed by atoms with Crippen molar-refractivity contribution in [2.75, 3.05) is 0 Å². The minimum Gasteiger partial charge on any atom is -0.481 e. The molecule has 0 aliphatic heterocycles. The number of hydrogen-bond donors (Lipinski definition) is 2. The molecule has 0 aromatic heterocycles. The van der Waals surface area contributed by atoms with Crippen LogP contribution < -0.4 is 10.1 Å². The van der Waals surface area contributed by atoms with Gasteiger partial charge in [0.15, 0.2) is 11.6 Å². The van der Waals surface area contributed by atoms with Crippen LogP contribution in [0.4, 0.5) is 8.78 Å². The van der Waals surface area contributed by atoms with E-state index in [4.69, 9.17) is 9.84 Å². The number of carbonyl (C=O) groups is 2. The lowest BCUT2D eigenvalue weighted by Crippen LogP contribution is -2.43. The predicted molar refractivity (Wildman–Crippen MR) is 91.3 cm³/mol. The zero-order valence-electron chi connectivity index (χ0n) is 14.4. The second-order valence-electron chi connectivity index (χ2n) is 6.43. The number of hydrogen-bond acceptors (Lipinski definition) is 3. The van der Waals surface area contributed by atoms with Crippen molar-refractivity contribution in [1.82, 2.24) is 5.32 Å². The molecule has 2 aromatic rings. The molecule has 0 aliphatic carbocycles. The van der Waals surface area contributed by atoms with Crippen LogP contribution in [0.25, 0.3) is 0 Å². The number of carboxylic acids is 1. The fraction of sp³-hybridized carbons (Fsp3) is 0.263. The van der Waals surface area contributed by atoms with E-state index in [1.807, 2.05) is 0 Å². The molecule has 7 heteroatoms. The summed E-state index contributed by atoms with van der Waals surface area (Å²) in [7, 11) is 0. The van der Waals surface area contributed by atoms with Crippen molar-refractivity contribution in [2.24, 2.45) is 0 Å². The molecule has 0 fully saturated rings. The van der Waals surface area contributed by atoms with Crippen LogP contribution >= 0.6 is 0 Å². The van der Waals surface area contributed by atoms with Crippen LogP contribution in [-0.2, 0) is 4.79 Å². The quantitative estimate of drug-likeness (QED) is 0.776. The summed E-state index contributed by atoms with van der Waals surface area (Å²) >= 11 is 0. The van der Waals surface area contributed by atoms with E-state index in [0.29, 0.717) is 12.0 Å². The summed E-state index contributed by atoms with van der Waals surface area (Å²) in [6.07, 6.45) is 0.238. The van der Waals surface area contributed by atoms with Gasteiger partial charge in [-0.25, -0.2) is 8.78 Å². The van der Waals surface area contributed by atoms with Gasteiger partial charge in [-0.3, -0.25) is 9.59 Å². The molecule has 2 N–H and O–H groups in total. The van der Waals surface area contributed by atoms with Crippen molar-refractivity contribution in [3.8, 4) is 11.5 Å². The Hall–Kier alpha value is -2.96. The largest absolute Gasteiger partial charge is 0.481 e. The first-order chi connectivity index (χ1) is 12.2. The van der Waals surface area contributed by atoms with Crippen LogP contribution in [0.3, 0.4) is 0 Å². The Balaban J connectivity index is 2.02. The Labute approximate surface area is 149 Å². The van der Waals surface area contributed by atoms with Crippen molar-refractivity contribution in [2.45, 2.75) is 32.2 Å². The third kappa shape index (κ3) is 5.54. The van der Waals surface area contributed by atoms with Gasteiger partial charge in [0.1, 0.15) is 11.6 Å². The molecule has 0 bridgehead atoms. The number of carbonyl (C=O) groups excluding carboxylic acids is 1. The maximum absolute atomic E-state index is 13.6. The number of benzene rings is 2. The maximum atomic E-state index is 13.6. The Morgan fingerprint density at radius 2 is 1.77 bits per heavy atom. The van der Waals surface area contributed by atoms with E-state index in [0.717, 1.165) is 12.1 Å². The molecular formula is C19H19F2NO4. The van der Waals surface area contributed by atoms with E-state index in [1.54, 1.807) is 13.8 Å². The van der Waals surface area contributed by atoms with Crippen LogP contribution in [0, 0.1) is 11.6 Å². The first kappa shape index (κ1) is 19.4. The number of ether oxygens (including phenoxy) is 1. The van der Waals surface area contributed by atoms with Crippen molar-refractivity contribution in [3.63, 3.8) is 0 Å². The van der Waals surface area contributed by atoms with Crippen LogP contribution in [0.5, 0.6) is 11.5 Å². The third-order valence-corrected chi connectivity index (χ3v) is 3.65. The molecule has 0 saturated heterocycles. The zero-order chi connectivity index (χ0) is 19.3. The number of amides is 1. The molecule has 2 aromatic carbocycles. The number of aliphatic carboxylic acids is 1. The summed E-state index contributed by atoms with van der Waals surface area (Å²) in [5.74, 6) is -2.66. The summed E-state index contributed by atoms with van der Waals surface area (Å²) in [5.41, 5.74) is -0.331. The summed E-state index contributed by atoms with van der Waals surface area (Å²) in [5, 5.41) is 11.5. The van der Waals surface area contributed by atoms with Crippen molar-refractivity contribution < 1.29 is 28.2 Å². The Morgan fingerprint density at radius 1 is 1.12 bits per heavy atom. The molecule has 0 atom stereocenters. The SMILES string of the molecule is CC(C)(CCC(=O)O)NC(=O)c1ccc(Oc2ccc(F)cc2F)cc1. The van der Waals surface area contributed by atoms with Crippen LogP contribution in [-0.4, -0.2) is 22.5 Å². The molecule has 1 amide bonds. The molecule has 0 spiro atoms. The molecule has 0 unspecified atom stereocenters. The highest BCUT2D eigenvalue weighted by Gasteiger charge is 2.22. The van der Waals surface area contributed by atoms with Crippen molar-refractivity contribution in [3.05, 3.63) is 59.7 Å². The van der Waals surface area contributed by atoms with E-state index < -0.39 is 23.1 Å². The third-order valence-electron chi connectivity index (χ3n) is 3.65. The minimum atomic E-state index is -0.929. The Kier molecular flexibility index (Phi) is 5.92. The van der Waals surface area contributed by atoms with Crippen LogP contribution in [0.2, 0.25) is 0 Å². The Morgan fingerprint density at radius 3 is 2.35 bits per heavy atom. The summed E-state index contributed by atoms with van der Waals surface area (Å²) in [6, 6.07) is 8.95. The van der Waals surface area contributed by atoms with E-state index in [1.165, 1.54) is 30.3 Å².